The van der Waals surface area contributed by atoms with Crippen molar-refractivity contribution in [3.05, 3.63) is 188 Å². The number of allylic oxidation sites excluding steroid dienone is 2. The maximum absolute atomic E-state index is 3.98. The molecular formula is C48H35N3. The summed E-state index contributed by atoms with van der Waals surface area (Å²) in [5.74, 6) is 0. The molecule has 0 bridgehead atoms. The van der Waals surface area contributed by atoms with Crippen LogP contribution in [0.25, 0.3) is 82.5 Å². The Morgan fingerprint density at radius 1 is 0.333 bits per heavy atom. The van der Waals surface area contributed by atoms with Gasteiger partial charge in [-0.3, -0.25) is 0 Å². The Hall–Kier alpha value is -6.58. The molecule has 0 unspecified atom stereocenters. The smallest absolute Gasteiger partial charge is 0.0542 e. The average Bonchev–Trinajstić information content (AvgIpc) is 3.80. The Kier molecular flexibility index (Phi) is 6.62. The predicted octanol–water partition coefficient (Wildman–Crippen LogP) is 12.4. The van der Waals surface area contributed by atoms with Crippen LogP contribution in [0, 0.1) is 0 Å². The lowest BCUT2D eigenvalue weighted by Crippen LogP contribution is -1.96. The number of fused-ring (bicyclic) bond motifs is 9. The fourth-order valence-corrected chi connectivity index (χ4v) is 8.32. The van der Waals surface area contributed by atoms with Crippen LogP contribution in [-0.4, -0.2) is 13.7 Å². The van der Waals surface area contributed by atoms with Gasteiger partial charge in [-0.2, -0.15) is 0 Å². The molecule has 242 valence electrons. The molecule has 0 fully saturated rings. The van der Waals surface area contributed by atoms with E-state index in [0.717, 1.165) is 29.9 Å². The predicted molar refractivity (Wildman–Crippen MR) is 217 cm³/mol. The van der Waals surface area contributed by atoms with Crippen LogP contribution in [0.5, 0.6) is 0 Å². The first-order valence-electron chi connectivity index (χ1n) is 17.6. The quantitative estimate of drug-likeness (QED) is 0.152. The first-order chi connectivity index (χ1) is 25.2. The molecule has 0 N–H and O–H groups in total. The van der Waals surface area contributed by atoms with Gasteiger partial charge in [0.1, 0.15) is 0 Å². The van der Waals surface area contributed by atoms with E-state index in [4.69, 9.17) is 0 Å². The maximum Gasteiger partial charge on any atom is 0.0542 e. The van der Waals surface area contributed by atoms with Crippen molar-refractivity contribution in [3.8, 4) is 17.1 Å². The van der Waals surface area contributed by atoms with Crippen LogP contribution in [0.1, 0.15) is 11.1 Å². The number of nitrogens with zero attached hydrogens (tertiary/aromatic N) is 3. The fraction of sp³-hybridized carbons (Fsp3) is 0.0417. The minimum Gasteiger partial charge on any atom is -0.309 e. The van der Waals surface area contributed by atoms with Gasteiger partial charge in [0.25, 0.3) is 0 Å². The van der Waals surface area contributed by atoms with Crippen LogP contribution in [0.3, 0.4) is 0 Å². The minimum absolute atomic E-state index is 0.852. The summed E-state index contributed by atoms with van der Waals surface area (Å²) in [6, 6.07) is 55.8. The summed E-state index contributed by atoms with van der Waals surface area (Å²) in [6.07, 6.45) is 5.66. The second kappa shape index (κ2) is 11.5. The number of para-hydroxylation sites is 3. The van der Waals surface area contributed by atoms with Gasteiger partial charge < -0.3 is 13.7 Å². The van der Waals surface area contributed by atoms with Gasteiger partial charge in [-0.25, -0.2) is 0 Å². The fourth-order valence-electron chi connectivity index (χ4n) is 8.32. The number of hydrogen-bond donors (Lipinski definition) is 0. The highest BCUT2D eigenvalue weighted by atomic mass is 15.0. The topological polar surface area (TPSA) is 14.8 Å². The monoisotopic (exact) mass is 653 g/mol. The van der Waals surface area contributed by atoms with Gasteiger partial charge in [0.15, 0.2) is 0 Å². The third kappa shape index (κ3) is 4.45. The summed E-state index contributed by atoms with van der Waals surface area (Å²) in [5, 5.41) is 7.49. The zero-order chi connectivity index (χ0) is 34.1. The van der Waals surface area contributed by atoms with Crippen molar-refractivity contribution >= 4 is 65.4 Å². The highest BCUT2D eigenvalue weighted by Crippen LogP contribution is 2.39. The summed E-state index contributed by atoms with van der Waals surface area (Å²) in [6.45, 7) is 7.96. The maximum atomic E-state index is 3.98. The Labute approximate surface area is 296 Å². The first-order valence-corrected chi connectivity index (χ1v) is 17.6. The van der Waals surface area contributed by atoms with Crippen LogP contribution >= 0.6 is 0 Å². The SMILES string of the molecule is C=CCc1ccc2c(c1)c1ccccc1n2-c1ccc2c(c1)c1cc(-n3c4ccccc4c4cc(CC=C)ccc43)ccc1n2-c1ccccc1. The van der Waals surface area contributed by atoms with Crippen LogP contribution in [0.15, 0.2) is 177 Å². The van der Waals surface area contributed by atoms with Gasteiger partial charge in [-0.15, -0.1) is 13.2 Å². The van der Waals surface area contributed by atoms with E-state index < -0.39 is 0 Å². The molecule has 0 aliphatic carbocycles. The molecule has 0 atom stereocenters. The zero-order valence-electron chi connectivity index (χ0n) is 28.3. The van der Waals surface area contributed by atoms with E-state index in [2.05, 4.69) is 179 Å². The van der Waals surface area contributed by atoms with Crippen molar-refractivity contribution in [2.45, 2.75) is 12.8 Å². The van der Waals surface area contributed by atoms with E-state index in [1.54, 1.807) is 0 Å². The minimum atomic E-state index is 0.852. The van der Waals surface area contributed by atoms with E-state index in [9.17, 15) is 0 Å². The highest BCUT2D eigenvalue weighted by Gasteiger charge is 2.19. The summed E-state index contributed by atoms with van der Waals surface area (Å²) in [4.78, 5) is 0. The molecular weight excluding hydrogens is 619 g/mol. The lowest BCUT2D eigenvalue weighted by Gasteiger charge is -2.10. The van der Waals surface area contributed by atoms with E-state index in [1.165, 1.54) is 76.5 Å². The van der Waals surface area contributed by atoms with Gasteiger partial charge in [0, 0.05) is 49.4 Å². The van der Waals surface area contributed by atoms with Gasteiger partial charge in [-0.1, -0.05) is 78.9 Å². The highest BCUT2D eigenvalue weighted by molar-refractivity contribution is 6.14. The summed E-state index contributed by atoms with van der Waals surface area (Å²) >= 11 is 0. The largest absolute Gasteiger partial charge is 0.309 e. The standard InChI is InChI=1S/C48H35N3/c1-3-12-32-20-24-45-39(28-32)37-16-8-10-18-43(37)50(45)35-22-26-47-41(30-35)42-31-36(23-27-48(42)49(47)34-14-6-5-7-15-34)51-44-19-11-9-17-38(44)40-29-33(13-4-2)21-25-46(40)51/h3-11,14-31H,1-2,12-13H2. The van der Waals surface area contributed by atoms with Crippen LogP contribution < -0.4 is 0 Å². The molecule has 0 saturated carbocycles. The Morgan fingerprint density at radius 3 is 1.18 bits per heavy atom. The molecule has 7 aromatic carbocycles. The molecule has 10 rings (SSSR count). The van der Waals surface area contributed by atoms with E-state index >= 15 is 0 Å². The molecule has 3 heteroatoms. The van der Waals surface area contributed by atoms with Gasteiger partial charge in [-0.05, 0) is 109 Å². The third-order valence-corrected chi connectivity index (χ3v) is 10.5. The molecule has 3 nitrogen and oxygen atoms in total. The first kappa shape index (κ1) is 29.3. The lowest BCUT2D eigenvalue weighted by atomic mass is 10.1. The van der Waals surface area contributed by atoms with Crippen molar-refractivity contribution in [1.29, 1.82) is 0 Å². The van der Waals surface area contributed by atoms with E-state index in [0.29, 0.717) is 0 Å². The van der Waals surface area contributed by atoms with Crippen molar-refractivity contribution in [3.63, 3.8) is 0 Å². The molecule has 10 aromatic rings. The zero-order valence-corrected chi connectivity index (χ0v) is 28.3. The second-order valence-electron chi connectivity index (χ2n) is 13.5. The van der Waals surface area contributed by atoms with Crippen molar-refractivity contribution in [2.75, 3.05) is 0 Å². The molecule has 0 amide bonds. The molecule has 3 aromatic heterocycles. The third-order valence-electron chi connectivity index (χ3n) is 10.5. The Bertz CT molecular complexity index is 2820. The summed E-state index contributed by atoms with van der Waals surface area (Å²) < 4.78 is 7.25. The van der Waals surface area contributed by atoms with Crippen LogP contribution in [-0.2, 0) is 12.8 Å². The Balaban J connectivity index is 1.26. The van der Waals surface area contributed by atoms with E-state index in [1.807, 2.05) is 12.2 Å². The number of hydrogen-bond acceptors (Lipinski definition) is 0. The van der Waals surface area contributed by atoms with Crippen LogP contribution in [0.2, 0.25) is 0 Å². The van der Waals surface area contributed by atoms with Crippen molar-refractivity contribution in [1.82, 2.24) is 13.7 Å². The molecule has 0 aliphatic heterocycles. The summed E-state index contributed by atoms with van der Waals surface area (Å²) in [7, 11) is 0. The number of rotatable bonds is 7. The lowest BCUT2D eigenvalue weighted by molar-refractivity contribution is 1.16. The average molecular weight is 654 g/mol. The van der Waals surface area contributed by atoms with Crippen molar-refractivity contribution in [2.24, 2.45) is 0 Å². The van der Waals surface area contributed by atoms with Gasteiger partial charge >= 0.3 is 0 Å². The van der Waals surface area contributed by atoms with Crippen LogP contribution in [0.4, 0.5) is 0 Å². The van der Waals surface area contributed by atoms with Gasteiger partial charge in [0.2, 0.25) is 0 Å². The van der Waals surface area contributed by atoms with E-state index in [-0.39, 0.29) is 0 Å². The van der Waals surface area contributed by atoms with Crippen molar-refractivity contribution < 1.29 is 0 Å². The molecule has 0 saturated heterocycles. The molecule has 0 aliphatic rings. The molecule has 51 heavy (non-hydrogen) atoms. The second-order valence-corrected chi connectivity index (χ2v) is 13.5. The molecule has 0 radical (unpaired) electrons. The molecule has 0 spiro atoms. The molecule has 3 heterocycles. The number of aromatic nitrogens is 3. The summed E-state index contributed by atoms with van der Waals surface area (Å²) in [5.41, 5.74) is 13.2. The Morgan fingerprint density at radius 2 is 0.706 bits per heavy atom. The number of benzene rings is 7. The normalized spacial score (nSPS) is 11.8. The van der Waals surface area contributed by atoms with Gasteiger partial charge in [0.05, 0.1) is 33.1 Å².